The number of ether oxygens (including phenoxy) is 2. The zero-order chi connectivity index (χ0) is 18.0. The van der Waals surface area contributed by atoms with Crippen LogP contribution in [0.25, 0.3) is 0 Å². The molecule has 0 aliphatic carbocycles. The highest BCUT2D eigenvalue weighted by molar-refractivity contribution is 5.69. The number of carbonyl (C=O) groups excluding carboxylic acids is 2. The summed E-state index contributed by atoms with van der Waals surface area (Å²) in [5.74, 6) is -0.500. The van der Waals surface area contributed by atoms with E-state index in [1.807, 2.05) is 18.2 Å². The highest BCUT2D eigenvalue weighted by Gasteiger charge is 2.46. The Morgan fingerprint density at radius 1 is 1.25 bits per heavy atom. The number of hydrogen-bond acceptors (Lipinski definition) is 5. The number of esters is 1. The lowest BCUT2D eigenvalue weighted by atomic mass is 9.82. The molecule has 1 amide bonds. The number of benzene rings is 1. The second kappa shape index (κ2) is 6.81. The van der Waals surface area contributed by atoms with Crippen LogP contribution in [0.3, 0.4) is 0 Å². The third-order valence-corrected chi connectivity index (χ3v) is 3.92. The van der Waals surface area contributed by atoms with Crippen LogP contribution in [-0.4, -0.2) is 46.9 Å². The van der Waals surface area contributed by atoms with Crippen molar-refractivity contribution in [2.24, 2.45) is 0 Å². The van der Waals surface area contributed by atoms with Crippen molar-refractivity contribution in [3.63, 3.8) is 0 Å². The molecular formula is C18H25NO5. The van der Waals surface area contributed by atoms with Gasteiger partial charge in [0.2, 0.25) is 0 Å². The molecule has 0 unspecified atom stereocenters. The third-order valence-electron chi connectivity index (χ3n) is 3.92. The molecule has 0 bridgehead atoms. The molecule has 2 atom stereocenters. The molecule has 6 nitrogen and oxygen atoms in total. The predicted molar refractivity (Wildman–Crippen MR) is 88.3 cm³/mol. The molecule has 0 radical (unpaired) electrons. The van der Waals surface area contributed by atoms with Crippen molar-refractivity contribution in [2.45, 2.75) is 51.4 Å². The minimum absolute atomic E-state index is 0.0832. The van der Waals surface area contributed by atoms with Crippen LogP contribution in [0, 0.1) is 0 Å². The maximum Gasteiger partial charge on any atom is 0.410 e. The van der Waals surface area contributed by atoms with Crippen LogP contribution < -0.4 is 0 Å². The number of likely N-dealkylation sites (tertiary alicyclic amines) is 1. The van der Waals surface area contributed by atoms with Gasteiger partial charge >= 0.3 is 12.1 Å². The summed E-state index contributed by atoms with van der Waals surface area (Å²) in [4.78, 5) is 25.2. The van der Waals surface area contributed by atoms with Crippen molar-refractivity contribution in [3.8, 4) is 0 Å². The molecular weight excluding hydrogens is 310 g/mol. The van der Waals surface area contributed by atoms with E-state index in [2.05, 4.69) is 0 Å². The normalized spacial score (nSPS) is 24.4. The fourth-order valence-electron chi connectivity index (χ4n) is 2.79. The summed E-state index contributed by atoms with van der Waals surface area (Å²) in [6, 6.07) is 9.07. The SMILES string of the molecule is CC(=O)O[C@H]1CN(C(=O)OC(C)(C)C)CC[C@]1(O)c1ccccc1. The second-order valence-corrected chi connectivity index (χ2v) is 7.06. The molecule has 132 valence electrons. The smallest absolute Gasteiger partial charge is 0.410 e. The van der Waals surface area contributed by atoms with Crippen LogP contribution in [0.5, 0.6) is 0 Å². The summed E-state index contributed by atoms with van der Waals surface area (Å²) < 4.78 is 10.7. The van der Waals surface area contributed by atoms with Crippen molar-refractivity contribution in [1.29, 1.82) is 0 Å². The van der Waals surface area contributed by atoms with Crippen molar-refractivity contribution < 1.29 is 24.2 Å². The fraction of sp³-hybridized carbons (Fsp3) is 0.556. The molecule has 1 N–H and O–H groups in total. The zero-order valence-electron chi connectivity index (χ0n) is 14.6. The first-order valence-electron chi connectivity index (χ1n) is 8.05. The van der Waals surface area contributed by atoms with Crippen LogP contribution >= 0.6 is 0 Å². The molecule has 24 heavy (non-hydrogen) atoms. The van der Waals surface area contributed by atoms with Crippen LogP contribution in [-0.2, 0) is 19.9 Å². The fourth-order valence-corrected chi connectivity index (χ4v) is 2.79. The van der Waals surface area contributed by atoms with Gasteiger partial charge in [0.1, 0.15) is 11.2 Å². The highest BCUT2D eigenvalue weighted by atomic mass is 16.6. The van der Waals surface area contributed by atoms with Gasteiger partial charge in [0, 0.05) is 19.9 Å². The Hall–Kier alpha value is -2.08. The molecule has 0 spiro atoms. The Morgan fingerprint density at radius 2 is 1.88 bits per heavy atom. The quantitative estimate of drug-likeness (QED) is 0.840. The van der Waals surface area contributed by atoms with Gasteiger partial charge < -0.3 is 19.5 Å². The van der Waals surface area contributed by atoms with Gasteiger partial charge in [-0.3, -0.25) is 4.79 Å². The summed E-state index contributed by atoms with van der Waals surface area (Å²) in [6.07, 6.45) is -1.07. The highest BCUT2D eigenvalue weighted by Crippen LogP contribution is 2.35. The lowest BCUT2D eigenvalue weighted by Gasteiger charge is -2.44. The van der Waals surface area contributed by atoms with Crippen molar-refractivity contribution in [2.75, 3.05) is 13.1 Å². The topological polar surface area (TPSA) is 76.1 Å². The predicted octanol–water partition coefficient (Wildman–Crippen LogP) is 2.45. The average molecular weight is 335 g/mol. The number of aliphatic hydroxyl groups is 1. The number of rotatable bonds is 2. The van der Waals surface area contributed by atoms with Crippen LogP contribution in [0.2, 0.25) is 0 Å². The van der Waals surface area contributed by atoms with E-state index >= 15 is 0 Å². The maximum absolute atomic E-state index is 12.3. The van der Waals surface area contributed by atoms with Crippen LogP contribution in [0.1, 0.15) is 39.7 Å². The summed E-state index contributed by atoms with van der Waals surface area (Å²) >= 11 is 0. The van der Waals surface area contributed by atoms with E-state index in [4.69, 9.17) is 9.47 Å². The standard InChI is InChI=1S/C18H25NO5/c1-13(20)23-15-12-19(16(21)24-17(2,3)4)11-10-18(15,22)14-8-6-5-7-9-14/h5-9,15,22H,10-12H2,1-4H3/t15-,18-/m0/s1. The number of piperidine rings is 1. The molecule has 1 aromatic rings. The average Bonchev–Trinajstić information content (AvgIpc) is 2.48. The second-order valence-electron chi connectivity index (χ2n) is 7.06. The molecule has 1 saturated heterocycles. The van der Waals surface area contributed by atoms with E-state index in [1.165, 1.54) is 11.8 Å². The Labute approximate surface area is 142 Å². The first-order valence-corrected chi connectivity index (χ1v) is 8.05. The summed E-state index contributed by atoms with van der Waals surface area (Å²) in [6.45, 7) is 7.06. The maximum atomic E-state index is 12.3. The molecule has 1 aliphatic heterocycles. The number of hydrogen-bond donors (Lipinski definition) is 1. The molecule has 1 aromatic carbocycles. The molecule has 2 rings (SSSR count). The van der Waals surface area contributed by atoms with E-state index in [0.29, 0.717) is 12.1 Å². The Bertz CT molecular complexity index is 595. The van der Waals surface area contributed by atoms with Crippen LogP contribution in [0.15, 0.2) is 30.3 Å². The molecule has 1 fully saturated rings. The molecule has 1 heterocycles. The Morgan fingerprint density at radius 3 is 2.42 bits per heavy atom. The van der Waals surface area contributed by atoms with E-state index in [9.17, 15) is 14.7 Å². The van der Waals surface area contributed by atoms with Gasteiger partial charge in [-0.2, -0.15) is 0 Å². The lowest BCUT2D eigenvalue weighted by Crippen LogP contribution is -2.57. The zero-order valence-corrected chi connectivity index (χ0v) is 14.6. The summed E-state index contributed by atoms with van der Waals surface area (Å²) in [7, 11) is 0. The summed E-state index contributed by atoms with van der Waals surface area (Å²) in [5, 5.41) is 11.1. The van der Waals surface area contributed by atoms with Gasteiger partial charge in [-0.05, 0) is 26.3 Å². The largest absolute Gasteiger partial charge is 0.457 e. The minimum Gasteiger partial charge on any atom is -0.457 e. The van der Waals surface area contributed by atoms with Gasteiger partial charge in [-0.15, -0.1) is 0 Å². The van der Waals surface area contributed by atoms with E-state index < -0.39 is 29.4 Å². The van der Waals surface area contributed by atoms with Gasteiger partial charge in [-0.25, -0.2) is 4.79 Å². The first-order chi connectivity index (χ1) is 11.1. The molecule has 1 aliphatic rings. The molecule has 0 saturated carbocycles. The number of carbonyl (C=O) groups is 2. The van der Waals surface area contributed by atoms with Gasteiger partial charge in [0.05, 0.1) is 6.54 Å². The molecule has 0 aromatic heterocycles. The van der Waals surface area contributed by atoms with E-state index in [-0.39, 0.29) is 13.0 Å². The lowest BCUT2D eigenvalue weighted by molar-refractivity contribution is -0.176. The Balaban J connectivity index is 2.22. The van der Waals surface area contributed by atoms with Gasteiger partial charge in [0.15, 0.2) is 6.10 Å². The first kappa shape index (κ1) is 18.3. The number of amides is 1. The summed E-state index contributed by atoms with van der Waals surface area (Å²) in [5.41, 5.74) is -1.27. The van der Waals surface area contributed by atoms with E-state index in [1.54, 1.807) is 32.9 Å². The van der Waals surface area contributed by atoms with Crippen LogP contribution in [0.4, 0.5) is 4.79 Å². The van der Waals surface area contributed by atoms with Crippen molar-refractivity contribution in [1.82, 2.24) is 4.90 Å². The molecule has 6 heteroatoms. The van der Waals surface area contributed by atoms with Gasteiger partial charge in [-0.1, -0.05) is 30.3 Å². The third kappa shape index (κ3) is 4.26. The van der Waals surface area contributed by atoms with Gasteiger partial charge in [0.25, 0.3) is 0 Å². The minimum atomic E-state index is -1.33. The van der Waals surface area contributed by atoms with Crippen molar-refractivity contribution >= 4 is 12.1 Å². The van der Waals surface area contributed by atoms with Crippen molar-refractivity contribution in [3.05, 3.63) is 35.9 Å². The number of nitrogens with zero attached hydrogens (tertiary/aromatic N) is 1. The Kier molecular flexibility index (Phi) is 5.18. The monoisotopic (exact) mass is 335 g/mol. The van der Waals surface area contributed by atoms with E-state index in [0.717, 1.165) is 0 Å².